The molecule has 34 heavy (non-hydrogen) atoms. The molecule has 2 fully saturated rings. The molecule has 2 aromatic rings. The van der Waals surface area contributed by atoms with Crippen molar-refractivity contribution in [1.29, 1.82) is 0 Å². The van der Waals surface area contributed by atoms with Crippen LogP contribution in [-0.4, -0.2) is 33.9 Å². The Morgan fingerprint density at radius 1 is 1.12 bits per heavy atom. The van der Waals surface area contributed by atoms with Crippen molar-refractivity contribution in [3.8, 4) is 0 Å². The van der Waals surface area contributed by atoms with Gasteiger partial charge in [-0.25, -0.2) is 4.37 Å². The first-order chi connectivity index (χ1) is 16.1. The summed E-state index contributed by atoms with van der Waals surface area (Å²) in [6.07, 6.45) is 3.21. The summed E-state index contributed by atoms with van der Waals surface area (Å²) in [5, 5.41) is 16.3. The number of aromatic nitrogens is 1. The zero-order chi connectivity index (χ0) is 24.3. The van der Waals surface area contributed by atoms with Gasteiger partial charge in [0, 0.05) is 17.8 Å². The van der Waals surface area contributed by atoms with Crippen LogP contribution >= 0.6 is 11.5 Å². The second-order valence-electron chi connectivity index (χ2n) is 9.34. The fraction of sp³-hybridized carbons (Fsp3) is 0.542. The zero-order valence-electron chi connectivity index (χ0n) is 18.6. The van der Waals surface area contributed by atoms with E-state index >= 15 is 0 Å². The number of rotatable bonds is 6. The molecule has 3 N–H and O–H groups in total. The van der Waals surface area contributed by atoms with Crippen molar-refractivity contribution in [1.82, 2.24) is 15.0 Å². The quantitative estimate of drug-likeness (QED) is 0.559. The van der Waals surface area contributed by atoms with Gasteiger partial charge < -0.3 is 15.7 Å². The molecule has 10 heteroatoms. The number of nitrogens with one attached hydrogen (secondary N) is 2. The van der Waals surface area contributed by atoms with Gasteiger partial charge in [0.2, 0.25) is 5.91 Å². The number of hydrogen-bond acceptors (Lipinski definition) is 5. The van der Waals surface area contributed by atoms with Gasteiger partial charge in [-0.2, -0.15) is 13.2 Å². The Morgan fingerprint density at radius 3 is 2.56 bits per heavy atom. The number of benzene rings is 1. The molecule has 184 valence electrons. The maximum absolute atomic E-state index is 12.8. The SMILES string of the molecule is O=C(CNC(=O)c1cccc(C(F)(F)F)c1)N[C@@H]1CCC(C2CCC(O)(c3ccns3)CC2)C1. The molecule has 2 aliphatic rings. The molecule has 0 radical (unpaired) electrons. The predicted molar refractivity (Wildman–Crippen MR) is 121 cm³/mol. The van der Waals surface area contributed by atoms with E-state index in [4.69, 9.17) is 0 Å². The van der Waals surface area contributed by atoms with Gasteiger partial charge in [-0.1, -0.05) is 6.07 Å². The van der Waals surface area contributed by atoms with Crippen molar-refractivity contribution < 1.29 is 27.9 Å². The van der Waals surface area contributed by atoms with E-state index in [2.05, 4.69) is 15.0 Å². The van der Waals surface area contributed by atoms with Gasteiger partial charge in [0.25, 0.3) is 5.91 Å². The monoisotopic (exact) mass is 495 g/mol. The standard InChI is InChI=1S/C24H28F3N3O3S/c25-24(26,27)18-3-1-2-17(12-18)22(32)28-14-21(31)30-19-5-4-16(13-19)15-6-9-23(33,10-7-15)20-8-11-29-34-20/h1-3,8,11-12,15-16,19,33H,4-7,9-10,13-14H2,(H,28,32)(H,30,31)/t15?,16?,19-,23?/m1/s1. The van der Waals surface area contributed by atoms with E-state index in [0.29, 0.717) is 11.8 Å². The number of carbonyl (C=O) groups excluding carboxylic acids is 2. The number of halogens is 3. The molecule has 2 amide bonds. The Labute approximate surface area is 200 Å². The van der Waals surface area contributed by atoms with Crippen LogP contribution in [0.15, 0.2) is 36.5 Å². The van der Waals surface area contributed by atoms with Crippen molar-refractivity contribution >= 4 is 23.3 Å². The minimum absolute atomic E-state index is 0.0188. The third kappa shape index (κ3) is 5.78. The first kappa shape index (κ1) is 24.7. The molecule has 0 spiro atoms. The highest BCUT2D eigenvalue weighted by atomic mass is 32.1. The van der Waals surface area contributed by atoms with Gasteiger partial charge in [0.15, 0.2) is 0 Å². The van der Waals surface area contributed by atoms with Crippen molar-refractivity contribution in [2.75, 3.05) is 6.54 Å². The summed E-state index contributed by atoms with van der Waals surface area (Å²) in [6.45, 7) is -0.290. The molecule has 0 saturated heterocycles. The summed E-state index contributed by atoms with van der Waals surface area (Å²) in [7, 11) is 0. The summed E-state index contributed by atoms with van der Waals surface area (Å²) in [6, 6.07) is 6.02. The number of aliphatic hydroxyl groups is 1. The number of nitrogens with zero attached hydrogens (tertiary/aromatic N) is 1. The Balaban J connectivity index is 1.21. The van der Waals surface area contributed by atoms with E-state index in [1.54, 1.807) is 6.20 Å². The lowest BCUT2D eigenvalue weighted by Crippen LogP contribution is -2.41. The van der Waals surface area contributed by atoms with Crippen LogP contribution < -0.4 is 10.6 Å². The first-order valence-corrected chi connectivity index (χ1v) is 12.3. The average Bonchev–Trinajstić information content (AvgIpc) is 3.51. The highest BCUT2D eigenvalue weighted by molar-refractivity contribution is 7.05. The minimum Gasteiger partial charge on any atom is -0.384 e. The topological polar surface area (TPSA) is 91.3 Å². The van der Waals surface area contributed by atoms with Crippen molar-refractivity contribution in [3.63, 3.8) is 0 Å². The van der Waals surface area contributed by atoms with Gasteiger partial charge in [-0.05, 0) is 92.6 Å². The molecule has 2 aliphatic carbocycles. The Hall–Kier alpha value is -2.46. The smallest absolute Gasteiger partial charge is 0.384 e. The van der Waals surface area contributed by atoms with Crippen LogP contribution in [0.2, 0.25) is 0 Å². The highest BCUT2D eigenvalue weighted by Gasteiger charge is 2.40. The molecule has 1 heterocycles. The molecule has 0 bridgehead atoms. The third-order valence-corrected chi connectivity index (χ3v) is 8.06. The molecule has 1 aromatic carbocycles. The largest absolute Gasteiger partial charge is 0.416 e. The summed E-state index contributed by atoms with van der Waals surface area (Å²) in [4.78, 5) is 25.4. The first-order valence-electron chi connectivity index (χ1n) is 11.5. The molecular weight excluding hydrogens is 467 g/mol. The Kier molecular flexibility index (Phi) is 7.28. The lowest BCUT2D eigenvalue weighted by atomic mass is 9.72. The lowest BCUT2D eigenvalue weighted by molar-refractivity contribution is -0.137. The Bertz CT molecular complexity index is 1000. The van der Waals surface area contributed by atoms with Crippen LogP contribution in [0.25, 0.3) is 0 Å². The summed E-state index contributed by atoms with van der Waals surface area (Å²) in [5.41, 5.74) is -1.82. The summed E-state index contributed by atoms with van der Waals surface area (Å²) in [5.74, 6) is -0.0814. The van der Waals surface area contributed by atoms with Crippen LogP contribution in [-0.2, 0) is 16.6 Å². The molecule has 1 unspecified atom stereocenters. The number of amides is 2. The fourth-order valence-corrected chi connectivity index (χ4v) is 5.98. The van der Waals surface area contributed by atoms with E-state index in [-0.39, 0.29) is 24.1 Å². The highest BCUT2D eigenvalue weighted by Crippen LogP contribution is 2.46. The predicted octanol–water partition coefficient (Wildman–Crippen LogP) is 4.25. The maximum atomic E-state index is 12.8. The van der Waals surface area contributed by atoms with Gasteiger partial charge in [-0.15, -0.1) is 0 Å². The third-order valence-electron chi connectivity index (χ3n) is 7.12. The average molecular weight is 496 g/mol. The van der Waals surface area contributed by atoms with Crippen LogP contribution in [0.1, 0.15) is 65.7 Å². The number of alkyl halides is 3. The lowest BCUT2D eigenvalue weighted by Gasteiger charge is -2.37. The summed E-state index contributed by atoms with van der Waals surface area (Å²) >= 11 is 1.35. The zero-order valence-corrected chi connectivity index (χ0v) is 19.4. The van der Waals surface area contributed by atoms with Gasteiger partial charge >= 0.3 is 6.18 Å². The molecule has 0 aliphatic heterocycles. The van der Waals surface area contributed by atoms with Crippen molar-refractivity contribution in [2.45, 2.75) is 62.8 Å². The van der Waals surface area contributed by atoms with Crippen molar-refractivity contribution in [2.24, 2.45) is 11.8 Å². The second-order valence-corrected chi connectivity index (χ2v) is 10.2. The molecule has 4 rings (SSSR count). The number of hydrogen-bond donors (Lipinski definition) is 3. The van der Waals surface area contributed by atoms with E-state index < -0.39 is 23.2 Å². The van der Waals surface area contributed by atoms with E-state index in [9.17, 15) is 27.9 Å². The van der Waals surface area contributed by atoms with Gasteiger partial charge in [-0.3, -0.25) is 9.59 Å². The molecular formula is C24H28F3N3O3S. The van der Waals surface area contributed by atoms with Crippen molar-refractivity contribution in [3.05, 3.63) is 52.5 Å². The van der Waals surface area contributed by atoms with Crippen LogP contribution in [0.5, 0.6) is 0 Å². The van der Waals surface area contributed by atoms with Gasteiger partial charge in [0.1, 0.15) is 5.60 Å². The van der Waals surface area contributed by atoms with Crippen LogP contribution in [0.3, 0.4) is 0 Å². The maximum Gasteiger partial charge on any atom is 0.416 e. The minimum atomic E-state index is -4.54. The van der Waals surface area contributed by atoms with Crippen LogP contribution in [0.4, 0.5) is 13.2 Å². The van der Waals surface area contributed by atoms with E-state index in [0.717, 1.165) is 62.0 Å². The molecule has 2 saturated carbocycles. The molecule has 2 atom stereocenters. The molecule has 1 aromatic heterocycles. The van der Waals surface area contributed by atoms with Gasteiger partial charge in [0.05, 0.1) is 17.0 Å². The normalized spacial score (nSPS) is 27.4. The van der Waals surface area contributed by atoms with E-state index in [1.807, 2.05) is 6.07 Å². The summed E-state index contributed by atoms with van der Waals surface area (Å²) < 4.78 is 42.6. The fourth-order valence-electron chi connectivity index (χ4n) is 5.25. The molecule has 6 nitrogen and oxygen atoms in total. The Morgan fingerprint density at radius 2 is 1.88 bits per heavy atom. The van der Waals surface area contributed by atoms with Crippen LogP contribution in [0, 0.1) is 11.8 Å². The second kappa shape index (κ2) is 10.0. The number of carbonyl (C=O) groups is 2. The van der Waals surface area contributed by atoms with E-state index in [1.165, 1.54) is 23.7 Å².